The van der Waals surface area contributed by atoms with Crippen molar-refractivity contribution < 1.29 is 33.4 Å². The third-order valence-electron chi connectivity index (χ3n) is 9.02. The predicted molar refractivity (Wildman–Crippen MR) is 207 cm³/mol. The number of aryl methyl sites for hydroxylation is 2. The van der Waals surface area contributed by atoms with Gasteiger partial charge in [0.15, 0.2) is 0 Å². The Morgan fingerprint density at radius 1 is 0.611 bits per heavy atom. The number of rotatable bonds is 11. The monoisotopic (exact) mass is 764 g/mol. The van der Waals surface area contributed by atoms with Crippen molar-refractivity contribution in [2.45, 2.75) is 36.6 Å². The molecule has 2 unspecified atom stereocenters. The fraction of sp³-hybridized carbons (Fsp3) is 0.231. The summed E-state index contributed by atoms with van der Waals surface area (Å²) in [6.07, 6.45) is 1.03. The van der Waals surface area contributed by atoms with Gasteiger partial charge in [0.2, 0.25) is 11.8 Å². The second kappa shape index (κ2) is 16.1. The van der Waals surface area contributed by atoms with Gasteiger partial charge in [-0.2, -0.15) is 0 Å². The summed E-state index contributed by atoms with van der Waals surface area (Å²) < 4.78 is 21.0. The molecule has 8 rings (SSSR count). The maximum Gasteiger partial charge on any atom is 0.286 e. The van der Waals surface area contributed by atoms with E-state index in [9.17, 15) is 19.2 Å². The summed E-state index contributed by atoms with van der Waals surface area (Å²) in [5, 5.41) is 3.33. The van der Waals surface area contributed by atoms with Crippen molar-refractivity contribution in [3.8, 4) is 17.2 Å². The molecule has 6 aromatic rings. The van der Waals surface area contributed by atoms with Crippen LogP contribution in [0.3, 0.4) is 0 Å². The lowest BCUT2D eigenvalue weighted by Gasteiger charge is -2.09. The molecule has 0 spiro atoms. The highest BCUT2D eigenvalue weighted by molar-refractivity contribution is 8.15. The second-order valence-electron chi connectivity index (χ2n) is 12.6. The van der Waals surface area contributed by atoms with Gasteiger partial charge in [-0.3, -0.25) is 29.8 Å². The number of thioether (sulfide) groups is 2. The second-order valence-corrected chi connectivity index (χ2v) is 14.9. The van der Waals surface area contributed by atoms with Crippen LogP contribution in [0, 0.1) is 0 Å². The number of benzene rings is 4. The standard InChI is InChI=1S/C20H19N3O4S.C19H17N3O3S/c1-23-16-10-14(26-2)7-8-15(16)21-18(23)11-27-13-5-3-12(4-6-13)9-17-19(24)22-20(25)28-17;1-22-15-5-3-2-4-14(15)20-17(22)11-25-13-8-6-12(7-9-13)10-16-18(23)21-19(24)26-16/h3-8,10,17H,9,11H2,1-2H3,(H,22,24,25);2-9,16H,10-11H2,1H3,(H,21,23,24). The van der Waals surface area contributed by atoms with Crippen LogP contribution < -0.4 is 24.8 Å². The molecular weight excluding hydrogens is 729 g/mol. The van der Waals surface area contributed by atoms with E-state index in [0.29, 0.717) is 31.8 Å². The molecule has 54 heavy (non-hydrogen) atoms. The number of carbonyl (C=O) groups is 4. The van der Waals surface area contributed by atoms with Crippen LogP contribution in [0.15, 0.2) is 91.0 Å². The average Bonchev–Trinajstić information content (AvgIpc) is 3.89. The number of imidazole rings is 2. The van der Waals surface area contributed by atoms with E-state index in [1.807, 2.05) is 114 Å². The first-order valence-corrected chi connectivity index (χ1v) is 18.8. The van der Waals surface area contributed by atoms with Crippen LogP contribution in [0.1, 0.15) is 22.8 Å². The molecular formula is C39H36N6O7S2. The van der Waals surface area contributed by atoms with Crippen molar-refractivity contribution in [2.75, 3.05) is 7.11 Å². The van der Waals surface area contributed by atoms with Gasteiger partial charge in [0.05, 0.1) is 39.7 Å². The summed E-state index contributed by atoms with van der Waals surface area (Å²) in [5.41, 5.74) is 5.86. The molecule has 2 aromatic heterocycles. The van der Waals surface area contributed by atoms with E-state index in [-0.39, 0.29) is 32.8 Å². The summed E-state index contributed by atoms with van der Waals surface area (Å²) in [6, 6.07) is 28.8. The van der Waals surface area contributed by atoms with E-state index in [0.717, 1.165) is 79.9 Å². The van der Waals surface area contributed by atoms with E-state index in [4.69, 9.17) is 14.2 Å². The topological polar surface area (TPSA) is 156 Å². The van der Waals surface area contributed by atoms with Crippen molar-refractivity contribution in [3.05, 3.63) is 114 Å². The molecule has 4 heterocycles. The van der Waals surface area contributed by atoms with Gasteiger partial charge in [0.1, 0.15) is 42.1 Å². The Balaban J connectivity index is 0.000000167. The number of fused-ring (bicyclic) bond motifs is 2. The molecule has 2 saturated heterocycles. The number of carbonyl (C=O) groups excluding carboxylic acids is 4. The average molecular weight is 765 g/mol. The van der Waals surface area contributed by atoms with E-state index >= 15 is 0 Å². The van der Waals surface area contributed by atoms with Gasteiger partial charge in [0, 0.05) is 20.2 Å². The molecule has 2 atom stereocenters. The Kier molecular flexibility index (Phi) is 10.9. The third-order valence-corrected chi connectivity index (χ3v) is 11.0. The first kappa shape index (κ1) is 36.6. The van der Waals surface area contributed by atoms with E-state index in [2.05, 4.69) is 20.6 Å². The number of imide groups is 2. The van der Waals surface area contributed by atoms with Gasteiger partial charge in [-0.1, -0.05) is 59.9 Å². The number of hydrogen-bond acceptors (Lipinski definition) is 11. The Labute approximate surface area is 318 Å². The van der Waals surface area contributed by atoms with Crippen molar-refractivity contribution in [2.24, 2.45) is 14.1 Å². The molecule has 4 aromatic carbocycles. The number of nitrogens with zero attached hydrogens (tertiary/aromatic N) is 4. The zero-order chi connectivity index (χ0) is 37.8. The molecule has 4 amide bonds. The first-order valence-electron chi connectivity index (χ1n) is 17.0. The number of ether oxygens (including phenoxy) is 3. The molecule has 0 saturated carbocycles. The Hall–Kier alpha value is -5.80. The van der Waals surface area contributed by atoms with Crippen LogP contribution in [-0.2, 0) is 49.7 Å². The quantitative estimate of drug-likeness (QED) is 0.157. The smallest absolute Gasteiger partial charge is 0.286 e. The lowest BCUT2D eigenvalue weighted by molar-refractivity contribution is -0.119. The molecule has 15 heteroatoms. The maximum atomic E-state index is 11.7. The molecule has 0 radical (unpaired) electrons. The van der Waals surface area contributed by atoms with E-state index in [1.54, 1.807) is 7.11 Å². The van der Waals surface area contributed by atoms with Crippen molar-refractivity contribution in [3.63, 3.8) is 0 Å². The first-order chi connectivity index (χ1) is 26.1. The minimum Gasteiger partial charge on any atom is -0.497 e. The normalized spacial score (nSPS) is 16.6. The molecule has 0 aliphatic carbocycles. The predicted octanol–water partition coefficient (Wildman–Crippen LogP) is 6.10. The summed E-state index contributed by atoms with van der Waals surface area (Å²) in [5.74, 6) is 3.46. The Morgan fingerprint density at radius 3 is 1.54 bits per heavy atom. The van der Waals surface area contributed by atoms with Gasteiger partial charge in [0.25, 0.3) is 10.5 Å². The highest BCUT2D eigenvalue weighted by Crippen LogP contribution is 2.26. The zero-order valence-electron chi connectivity index (χ0n) is 29.6. The number of methoxy groups -OCH3 is 1. The number of nitrogens with one attached hydrogen (secondary N) is 2. The van der Waals surface area contributed by atoms with Crippen LogP contribution in [-0.4, -0.2) is 59.0 Å². The summed E-state index contributed by atoms with van der Waals surface area (Å²) in [6.45, 7) is 0.710. The fourth-order valence-electron chi connectivity index (χ4n) is 6.02. The highest BCUT2D eigenvalue weighted by atomic mass is 32.2. The maximum absolute atomic E-state index is 11.7. The minimum absolute atomic E-state index is 0.220. The van der Waals surface area contributed by atoms with Crippen LogP contribution in [0.5, 0.6) is 17.2 Å². The summed E-state index contributed by atoms with van der Waals surface area (Å²) >= 11 is 2.08. The van der Waals surface area contributed by atoms with E-state index < -0.39 is 0 Å². The lowest BCUT2D eigenvalue weighted by atomic mass is 10.1. The molecule has 276 valence electrons. The third kappa shape index (κ3) is 8.37. The number of para-hydroxylation sites is 2. The van der Waals surface area contributed by atoms with Crippen LogP contribution in [0.25, 0.3) is 22.1 Å². The SMILES string of the molecule is COc1ccc2nc(COc3ccc(CC4SC(=O)NC4=O)cc3)n(C)c2c1.Cn1c(COc2ccc(CC3SC(=O)NC3=O)cc2)nc2ccccc21. The molecule has 2 fully saturated rings. The van der Waals surface area contributed by atoms with Gasteiger partial charge < -0.3 is 23.3 Å². The molecule has 2 aliphatic heterocycles. The summed E-state index contributed by atoms with van der Waals surface area (Å²) in [7, 11) is 5.56. The molecule has 2 N–H and O–H groups in total. The fourth-order valence-corrected chi connectivity index (χ4v) is 7.74. The molecule has 2 aliphatic rings. The minimum atomic E-state index is -0.365. The van der Waals surface area contributed by atoms with Gasteiger partial charge >= 0.3 is 0 Å². The lowest BCUT2D eigenvalue weighted by Crippen LogP contribution is -2.25. The van der Waals surface area contributed by atoms with Crippen LogP contribution in [0.4, 0.5) is 9.59 Å². The number of aromatic nitrogens is 4. The number of hydrogen-bond donors (Lipinski definition) is 2. The Bertz CT molecular complexity index is 2360. The zero-order valence-corrected chi connectivity index (χ0v) is 31.2. The molecule has 0 bridgehead atoms. The Morgan fingerprint density at radius 2 is 1.07 bits per heavy atom. The van der Waals surface area contributed by atoms with Gasteiger partial charge in [-0.05, 0) is 72.5 Å². The van der Waals surface area contributed by atoms with Gasteiger partial charge in [-0.25, -0.2) is 9.97 Å². The largest absolute Gasteiger partial charge is 0.497 e. The van der Waals surface area contributed by atoms with Crippen molar-refractivity contribution in [1.29, 1.82) is 0 Å². The number of amides is 4. The van der Waals surface area contributed by atoms with Crippen LogP contribution >= 0.6 is 23.5 Å². The highest BCUT2D eigenvalue weighted by Gasteiger charge is 2.32. The van der Waals surface area contributed by atoms with Crippen molar-refractivity contribution >= 4 is 67.9 Å². The van der Waals surface area contributed by atoms with Crippen LogP contribution in [0.2, 0.25) is 0 Å². The van der Waals surface area contributed by atoms with E-state index in [1.165, 1.54) is 0 Å². The van der Waals surface area contributed by atoms with Crippen molar-refractivity contribution in [1.82, 2.24) is 29.7 Å². The van der Waals surface area contributed by atoms with Gasteiger partial charge in [-0.15, -0.1) is 0 Å². The molecule has 13 nitrogen and oxygen atoms in total. The summed E-state index contributed by atoms with van der Waals surface area (Å²) in [4.78, 5) is 55.0.